The maximum Gasteiger partial charge on any atom is 0.161 e. The molecule has 1 rings (SSSR count). The lowest BCUT2D eigenvalue weighted by molar-refractivity contribution is 0.459. The first kappa shape index (κ1) is 10.7. The van der Waals surface area contributed by atoms with Gasteiger partial charge in [-0.1, -0.05) is 11.6 Å². The average Bonchev–Trinajstić information content (AvgIpc) is 2.20. The highest BCUT2D eigenvalue weighted by Crippen LogP contribution is 2.16. The second kappa shape index (κ2) is 4.77. The minimum Gasteiger partial charge on any atom is -0.365 e. The van der Waals surface area contributed by atoms with Crippen molar-refractivity contribution in [2.24, 2.45) is 0 Å². The highest BCUT2D eigenvalue weighted by molar-refractivity contribution is 6.31. The molecule has 1 N–H and O–H groups in total. The summed E-state index contributed by atoms with van der Waals surface area (Å²) in [7, 11) is 0. The summed E-state index contributed by atoms with van der Waals surface area (Å²) in [6, 6.07) is 4.69. The lowest BCUT2D eigenvalue weighted by Crippen LogP contribution is -2.18. The molecule has 0 saturated heterocycles. The first-order valence-corrected chi connectivity index (χ1v) is 4.44. The van der Waals surface area contributed by atoms with Gasteiger partial charge in [0, 0.05) is 0 Å². The third-order valence-corrected chi connectivity index (χ3v) is 1.88. The van der Waals surface area contributed by atoms with E-state index in [1.165, 1.54) is 0 Å². The van der Waals surface area contributed by atoms with Gasteiger partial charge in [0.25, 0.3) is 0 Å². The minimum absolute atomic E-state index is 0.141. The van der Waals surface area contributed by atoms with E-state index in [-0.39, 0.29) is 11.7 Å². The van der Waals surface area contributed by atoms with E-state index in [2.05, 4.69) is 10.3 Å². The number of nitrogens with zero attached hydrogens (tertiary/aromatic N) is 2. The second-order valence-electron chi connectivity index (χ2n) is 2.84. The van der Waals surface area contributed by atoms with Crippen LogP contribution in [0.5, 0.6) is 0 Å². The van der Waals surface area contributed by atoms with Crippen LogP contribution in [0, 0.1) is 11.3 Å². The van der Waals surface area contributed by atoms with Gasteiger partial charge in [0.05, 0.1) is 11.1 Å². The quantitative estimate of drug-likeness (QED) is 0.839. The van der Waals surface area contributed by atoms with E-state index in [4.69, 9.17) is 16.9 Å². The Morgan fingerprint density at radius 1 is 1.71 bits per heavy atom. The largest absolute Gasteiger partial charge is 0.365 e. The van der Waals surface area contributed by atoms with Crippen molar-refractivity contribution < 1.29 is 4.39 Å². The second-order valence-corrected chi connectivity index (χ2v) is 3.25. The zero-order valence-electron chi connectivity index (χ0n) is 7.59. The maximum atomic E-state index is 12.2. The Balaban J connectivity index is 2.86. The van der Waals surface area contributed by atoms with Gasteiger partial charge in [-0.25, -0.2) is 9.37 Å². The van der Waals surface area contributed by atoms with Crippen LogP contribution >= 0.6 is 11.6 Å². The van der Waals surface area contributed by atoms with Crippen LogP contribution in [0.15, 0.2) is 12.1 Å². The highest BCUT2D eigenvalue weighted by Gasteiger charge is 2.05. The molecule has 5 heteroatoms. The first-order valence-electron chi connectivity index (χ1n) is 4.06. The molecule has 1 aromatic rings. The minimum atomic E-state index is -0.494. The Morgan fingerprint density at radius 3 is 3.00 bits per heavy atom. The molecule has 0 saturated carbocycles. The van der Waals surface area contributed by atoms with Crippen LogP contribution in [-0.2, 0) is 0 Å². The number of aromatic nitrogens is 1. The third-order valence-electron chi connectivity index (χ3n) is 1.58. The van der Waals surface area contributed by atoms with Crippen LogP contribution in [0.4, 0.5) is 10.2 Å². The van der Waals surface area contributed by atoms with Gasteiger partial charge in [0.2, 0.25) is 0 Å². The molecule has 0 aliphatic rings. The normalized spacial score (nSPS) is 11.9. The average molecular weight is 214 g/mol. The summed E-state index contributed by atoms with van der Waals surface area (Å²) in [6.45, 7) is 1.19. The smallest absolute Gasteiger partial charge is 0.161 e. The van der Waals surface area contributed by atoms with Crippen molar-refractivity contribution in [2.75, 3.05) is 12.0 Å². The van der Waals surface area contributed by atoms with Crippen molar-refractivity contribution in [2.45, 2.75) is 13.0 Å². The summed E-state index contributed by atoms with van der Waals surface area (Å²) in [6.07, 6.45) is 0. The summed E-state index contributed by atoms with van der Waals surface area (Å²) >= 11 is 5.68. The third kappa shape index (κ3) is 2.57. The number of alkyl halides is 1. The highest BCUT2D eigenvalue weighted by atomic mass is 35.5. The predicted octanol–water partition coefficient (Wildman–Crippen LogP) is 2.38. The molecule has 0 bridgehead atoms. The van der Waals surface area contributed by atoms with Crippen molar-refractivity contribution >= 4 is 17.4 Å². The number of hydrogen-bond acceptors (Lipinski definition) is 3. The topological polar surface area (TPSA) is 48.7 Å². The van der Waals surface area contributed by atoms with Crippen molar-refractivity contribution in [3.8, 4) is 6.07 Å². The molecule has 1 atom stereocenters. The van der Waals surface area contributed by atoms with Crippen LogP contribution in [0.2, 0.25) is 5.02 Å². The number of nitriles is 1. The summed E-state index contributed by atoms with van der Waals surface area (Å²) in [4.78, 5) is 3.91. The van der Waals surface area contributed by atoms with Crippen molar-refractivity contribution in [1.82, 2.24) is 4.98 Å². The van der Waals surface area contributed by atoms with E-state index in [1.807, 2.05) is 6.07 Å². The number of hydrogen-bond donors (Lipinski definition) is 1. The Morgan fingerprint density at radius 2 is 2.43 bits per heavy atom. The fourth-order valence-corrected chi connectivity index (χ4v) is 1.04. The van der Waals surface area contributed by atoms with Gasteiger partial charge in [0.15, 0.2) is 5.69 Å². The molecule has 0 radical (unpaired) electrons. The molecule has 1 heterocycles. The fourth-order valence-electron chi connectivity index (χ4n) is 0.892. The van der Waals surface area contributed by atoms with Crippen LogP contribution < -0.4 is 5.32 Å². The summed E-state index contributed by atoms with van der Waals surface area (Å²) in [5.41, 5.74) is 0.141. The number of nitrogens with one attached hydrogen (secondary N) is 1. The van der Waals surface area contributed by atoms with E-state index in [9.17, 15) is 4.39 Å². The Labute approximate surface area is 86.5 Å². The molecule has 0 spiro atoms. The maximum absolute atomic E-state index is 12.2. The van der Waals surface area contributed by atoms with E-state index in [0.717, 1.165) is 0 Å². The lowest BCUT2D eigenvalue weighted by atomic mass is 10.3. The first-order chi connectivity index (χ1) is 6.67. The lowest BCUT2D eigenvalue weighted by Gasteiger charge is -2.10. The summed E-state index contributed by atoms with van der Waals surface area (Å²) in [5.74, 6) is 0.455. The molecule has 0 unspecified atom stereocenters. The fraction of sp³-hybridized carbons (Fsp3) is 0.333. The van der Waals surface area contributed by atoms with Gasteiger partial charge in [0.1, 0.15) is 18.6 Å². The van der Waals surface area contributed by atoms with Crippen LogP contribution in [-0.4, -0.2) is 17.7 Å². The Kier molecular flexibility index (Phi) is 3.66. The van der Waals surface area contributed by atoms with Crippen LogP contribution in [0.1, 0.15) is 12.6 Å². The zero-order chi connectivity index (χ0) is 10.6. The molecular formula is C9H9ClFN3. The SMILES string of the molecule is C[C@@H](CF)Nc1ccc(Cl)c(C#N)n1. The van der Waals surface area contributed by atoms with E-state index < -0.39 is 6.67 Å². The van der Waals surface area contributed by atoms with Gasteiger partial charge in [-0.15, -0.1) is 0 Å². The summed E-state index contributed by atoms with van der Waals surface area (Å²) in [5, 5.41) is 11.7. The molecule has 74 valence electrons. The molecule has 0 aliphatic heterocycles. The number of halogens is 2. The van der Waals surface area contributed by atoms with Gasteiger partial charge in [-0.05, 0) is 19.1 Å². The zero-order valence-corrected chi connectivity index (χ0v) is 8.35. The molecular weight excluding hydrogens is 205 g/mol. The van der Waals surface area contributed by atoms with Gasteiger partial charge < -0.3 is 5.32 Å². The molecule has 0 amide bonds. The van der Waals surface area contributed by atoms with E-state index >= 15 is 0 Å². The Hall–Kier alpha value is -1.34. The van der Waals surface area contributed by atoms with Crippen molar-refractivity contribution in [3.63, 3.8) is 0 Å². The van der Waals surface area contributed by atoms with Gasteiger partial charge in [-0.2, -0.15) is 5.26 Å². The van der Waals surface area contributed by atoms with Gasteiger partial charge in [-0.3, -0.25) is 0 Å². The number of rotatable bonds is 3. The molecule has 0 fully saturated rings. The number of pyridine rings is 1. The van der Waals surface area contributed by atoms with Crippen LogP contribution in [0.3, 0.4) is 0 Å². The van der Waals surface area contributed by atoms with Crippen molar-refractivity contribution in [3.05, 3.63) is 22.8 Å². The van der Waals surface area contributed by atoms with Gasteiger partial charge >= 0.3 is 0 Å². The molecule has 3 nitrogen and oxygen atoms in total. The van der Waals surface area contributed by atoms with E-state index in [1.54, 1.807) is 19.1 Å². The molecule has 0 aromatic carbocycles. The predicted molar refractivity (Wildman–Crippen MR) is 53.0 cm³/mol. The standard InChI is InChI=1S/C9H9ClFN3/c1-6(4-11)13-9-3-2-7(10)8(5-12)14-9/h2-3,6H,4H2,1H3,(H,13,14)/t6-/m0/s1. The molecule has 1 aromatic heterocycles. The van der Waals surface area contributed by atoms with Crippen molar-refractivity contribution in [1.29, 1.82) is 5.26 Å². The van der Waals surface area contributed by atoms with E-state index in [0.29, 0.717) is 10.8 Å². The monoisotopic (exact) mass is 213 g/mol. The Bertz CT molecular complexity index is 362. The van der Waals surface area contributed by atoms with Crippen LogP contribution in [0.25, 0.3) is 0 Å². The molecule has 0 aliphatic carbocycles. The summed E-state index contributed by atoms with van der Waals surface area (Å²) < 4.78 is 12.2. The number of anilines is 1. The molecule has 14 heavy (non-hydrogen) atoms.